The van der Waals surface area contributed by atoms with Crippen LogP contribution in [-0.4, -0.2) is 35.1 Å². The van der Waals surface area contributed by atoms with Gasteiger partial charge in [0.25, 0.3) is 0 Å². The second-order valence-electron chi connectivity index (χ2n) is 4.99. The van der Waals surface area contributed by atoms with E-state index < -0.39 is 5.97 Å². The molecule has 1 saturated heterocycles. The average molecular weight is 227 g/mol. The van der Waals surface area contributed by atoms with Crippen LogP contribution in [0.1, 0.15) is 52.4 Å². The van der Waals surface area contributed by atoms with E-state index in [1.54, 1.807) is 0 Å². The van der Waals surface area contributed by atoms with Crippen LogP contribution in [0.3, 0.4) is 0 Å². The van der Waals surface area contributed by atoms with Gasteiger partial charge in [-0.05, 0) is 39.3 Å². The third kappa shape index (κ3) is 4.12. The van der Waals surface area contributed by atoms with Crippen LogP contribution < -0.4 is 0 Å². The Hall–Kier alpha value is -0.570. The molecule has 1 atom stereocenters. The van der Waals surface area contributed by atoms with Gasteiger partial charge >= 0.3 is 5.97 Å². The predicted octanol–water partition coefficient (Wildman–Crippen LogP) is 2.75. The topological polar surface area (TPSA) is 40.5 Å². The number of rotatable bonds is 6. The molecule has 0 aliphatic carbocycles. The summed E-state index contributed by atoms with van der Waals surface area (Å²) < 4.78 is 0. The number of unbranched alkanes of at least 4 members (excludes halogenated alkanes) is 2. The van der Waals surface area contributed by atoms with Crippen LogP contribution in [0.2, 0.25) is 0 Å². The van der Waals surface area contributed by atoms with E-state index in [1.165, 1.54) is 25.7 Å². The van der Waals surface area contributed by atoms with E-state index in [-0.39, 0.29) is 5.92 Å². The lowest BCUT2D eigenvalue weighted by atomic mass is 9.95. The lowest BCUT2D eigenvalue weighted by Crippen LogP contribution is -2.41. The summed E-state index contributed by atoms with van der Waals surface area (Å²) in [6, 6.07) is 0.626. The molecule has 0 amide bonds. The first-order chi connectivity index (χ1) is 7.65. The maximum Gasteiger partial charge on any atom is 0.306 e. The summed E-state index contributed by atoms with van der Waals surface area (Å²) in [5, 5.41) is 8.92. The molecule has 0 radical (unpaired) electrons. The smallest absolute Gasteiger partial charge is 0.306 e. The van der Waals surface area contributed by atoms with Gasteiger partial charge in [-0.25, -0.2) is 0 Å². The normalized spacial score (nSPS) is 20.9. The fraction of sp³-hybridized carbons (Fsp3) is 0.923. The molecule has 94 valence electrons. The number of aliphatic carboxylic acids is 1. The monoisotopic (exact) mass is 227 g/mol. The molecule has 0 aromatic carbocycles. The van der Waals surface area contributed by atoms with Crippen molar-refractivity contribution in [1.29, 1.82) is 0 Å². The molecular formula is C13H25NO2. The number of piperidine rings is 1. The van der Waals surface area contributed by atoms with Crippen LogP contribution in [0.25, 0.3) is 0 Å². The van der Waals surface area contributed by atoms with Crippen LogP contribution in [0, 0.1) is 5.92 Å². The molecule has 3 nitrogen and oxygen atoms in total. The van der Waals surface area contributed by atoms with Gasteiger partial charge in [-0.2, -0.15) is 0 Å². The Morgan fingerprint density at radius 1 is 1.38 bits per heavy atom. The predicted molar refractivity (Wildman–Crippen MR) is 65.5 cm³/mol. The SMILES string of the molecule is CCCCCC(C)N1CCC(C(=O)O)CC1. The van der Waals surface area contributed by atoms with E-state index in [2.05, 4.69) is 18.7 Å². The lowest BCUT2D eigenvalue weighted by molar-refractivity contribution is -0.143. The minimum absolute atomic E-state index is 0.0981. The summed E-state index contributed by atoms with van der Waals surface area (Å²) in [4.78, 5) is 13.3. The molecule has 1 fully saturated rings. The zero-order valence-electron chi connectivity index (χ0n) is 10.6. The zero-order valence-corrected chi connectivity index (χ0v) is 10.6. The highest BCUT2D eigenvalue weighted by Gasteiger charge is 2.26. The zero-order chi connectivity index (χ0) is 12.0. The van der Waals surface area contributed by atoms with Crippen molar-refractivity contribution in [2.75, 3.05) is 13.1 Å². The fourth-order valence-corrected chi connectivity index (χ4v) is 2.46. The van der Waals surface area contributed by atoms with Crippen molar-refractivity contribution in [2.45, 2.75) is 58.4 Å². The Labute approximate surface area is 98.8 Å². The van der Waals surface area contributed by atoms with E-state index >= 15 is 0 Å². The van der Waals surface area contributed by atoms with E-state index in [9.17, 15) is 4.79 Å². The van der Waals surface area contributed by atoms with Crippen molar-refractivity contribution in [3.63, 3.8) is 0 Å². The van der Waals surface area contributed by atoms with Crippen LogP contribution in [0.5, 0.6) is 0 Å². The van der Waals surface area contributed by atoms with Gasteiger partial charge in [0, 0.05) is 6.04 Å². The third-order valence-electron chi connectivity index (χ3n) is 3.73. The Kier molecular flexibility index (Phi) is 5.81. The summed E-state index contributed by atoms with van der Waals surface area (Å²) in [6.45, 7) is 6.42. The Balaban J connectivity index is 2.22. The summed E-state index contributed by atoms with van der Waals surface area (Å²) in [6.07, 6.45) is 6.80. The fourth-order valence-electron chi connectivity index (χ4n) is 2.46. The van der Waals surface area contributed by atoms with Gasteiger partial charge in [0.1, 0.15) is 0 Å². The standard InChI is InChI=1S/C13H25NO2/c1-3-4-5-6-11(2)14-9-7-12(8-10-14)13(15)16/h11-12H,3-10H2,1-2H3,(H,15,16). The number of carboxylic acids is 1. The van der Waals surface area contributed by atoms with Crippen molar-refractivity contribution < 1.29 is 9.90 Å². The maximum atomic E-state index is 10.8. The Bertz CT molecular complexity index is 210. The highest BCUT2D eigenvalue weighted by atomic mass is 16.4. The maximum absolute atomic E-state index is 10.8. The van der Waals surface area contributed by atoms with E-state index in [0.717, 1.165) is 25.9 Å². The molecule has 1 N–H and O–H groups in total. The second-order valence-corrected chi connectivity index (χ2v) is 4.99. The Morgan fingerprint density at radius 2 is 2.00 bits per heavy atom. The molecule has 1 heterocycles. The summed E-state index contributed by atoms with van der Waals surface area (Å²) in [7, 11) is 0. The quantitative estimate of drug-likeness (QED) is 0.709. The van der Waals surface area contributed by atoms with Gasteiger partial charge in [-0.1, -0.05) is 26.2 Å². The molecule has 16 heavy (non-hydrogen) atoms. The third-order valence-corrected chi connectivity index (χ3v) is 3.73. The van der Waals surface area contributed by atoms with Crippen molar-refractivity contribution >= 4 is 5.97 Å². The number of hydrogen-bond acceptors (Lipinski definition) is 2. The van der Waals surface area contributed by atoms with Crippen molar-refractivity contribution in [1.82, 2.24) is 4.90 Å². The first-order valence-corrected chi connectivity index (χ1v) is 6.62. The number of carbonyl (C=O) groups is 1. The molecule has 1 aliphatic heterocycles. The minimum atomic E-state index is -0.613. The van der Waals surface area contributed by atoms with Gasteiger partial charge in [-0.15, -0.1) is 0 Å². The molecule has 0 aromatic heterocycles. The van der Waals surface area contributed by atoms with Crippen LogP contribution in [0.4, 0.5) is 0 Å². The molecule has 0 spiro atoms. The van der Waals surface area contributed by atoms with Gasteiger partial charge in [-0.3, -0.25) is 4.79 Å². The van der Waals surface area contributed by atoms with Crippen molar-refractivity contribution in [3.05, 3.63) is 0 Å². The van der Waals surface area contributed by atoms with Gasteiger partial charge < -0.3 is 10.0 Å². The minimum Gasteiger partial charge on any atom is -0.481 e. The summed E-state index contributed by atoms with van der Waals surface area (Å²) >= 11 is 0. The first-order valence-electron chi connectivity index (χ1n) is 6.62. The van der Waals surface area contributed by atoms with E-state index in [4.69, 9.17) is 5.11 Å². The molecule has 1 rings (SSSR count). The van der Waals surface area contributed by atoms with Crippen LogP contribution in [-0.2, 0) is 4.79 Å². The number of nitrogens with zero attached hydrogens (tertiary/aromatic N) is 1. The largest absolute Gasteiger partial charge is 0.481 e. The molecule has 1 unspecified atom stereocenters. The van der Waals surface area contributed by atoms with Crippen LogP contribution >= 0.6 is 0 Å². The molecule has 1 aliphatic rings. The van der Waals surface area contributed by atoms with E-state index in [0.29, 0.717) is 6.04 Å². The number of likely N-dealkylation sites (tertiary alicyclic amines) is 1. The van der Waals surface area contributed by atoms with E-state index in [1.807, 2.05) is 0 Å². The molecule has 3 heteroatoms. The van der Waals surface area contributed by atoms with Crippen molar-refractivity contribution in [3.8, 4) is 0 Å². The summed E-state index contributed by atoms with van der Waals surface area (Å²) in [5.74, 6) is -0.711. The summed E-state index contributed by atoms with van der Waals surface area (Å²) in [5.41, 5.74) is 0. The molecule has 0 bridgehead atoms. The van der Waals surface area contributed by atoms with Gasteiger partial charge in [0.2, 0.25) is 0 Å². The van der Waals surface area contributed by atoms with Gasteiger partial charge in [0.15, 0.2) is 0 Å². The van der Waals surface area contributed by atoms with Gasteiger partial charge in [0.05, 0.1) is 5.92 Å². The first kappa shape index (κ1) is 13.5. The number of hydrogen-bond donors (Lipinski definition) is 1. The highest BCUT2D eigenvalue weighted by molar-refractivity contribution is 5.70. The van der Waals surface area contributed by atoms with Crippen LogP contribution in [0.15, 0.2) is 0 Å². The Morgan fingerprint density at radius 3 is 2.50 bits per heavy atom. The number of carboxylic acid groups (broad SMARTS) is 1. The molecule has 0 saturated carbocycles. The van der Waals surface area contributed by atoms with Crippen molar-refractivity contribution in [2.24, 2.45) is 5.92 Å². The highest BCUT2D eigenvalue weighted by Crippen LogP contribution is 2.21. The average Bonchev–Trinajstić information content (AvgIpc) is 2.29. The molecule has 0 aromatic rings. The molecular weight excluding hydrogens is 202 g/mol. The lowest BCUT2D eigenvalue weighted by Gasteiger charge is -2.34. The second kappa shape index (κ2) is 6.89.